The van der Waals surface area contributed by atoms with E-state index in [1.165, 1.54) is 61.9 Å². The van der Waals surface area contributed by atoms with Gasteiger partial charge in [0.1, 0.15) is 0 Å². The lowest BCUT2D eigenvalue weighted by atomic mass is 10.1. The van der Waals surface area contributed by atoms with Crippen LogP contribution in [-0.2, 0) is 13.1 Å². The van der Waals surface area contributed by atoms with Gasteiger partial charge in [-0.2, -0.15) is 5.10 Å². The molecule has 1 heterocycles. The first-order chi connectivity index (χ1) is 9.70. The summed E-state index contributed by atoms with van der Waals surface area (Å²) in [6, 6.07) is 0. The van der Waals surface area contributed by atoms with E-state index < -0.39 is 0 Å². The third-order valence-corrected chi connectivity index (χ3v) is 3.98. The summed E-state index contributed by atoms with van der Waals surface area (Å²) in [6.07, 6.45) is 9.25. The molecule has 0 saturated heterocycles. The molecule has 0 unspecified atom stereocenters. The molecule has 3 nitrogen and oxygen atoms in total. The molecule has 0 amide bonds. The van der Waals surface area contributed by atoms with Gasteiger partial charge in [-0.15, -0.1) is 0 Å². The van der Waals surface area contributed by atoms with E-state index in [1.54, 1.807) is 0 Å². The zero-order valence-corrected chi connectivity index (χ0v) is 14.0. The number of aryl methyl sites for hydroxylation is 2. The lowest BCUT2D eigenvalue weighted by molar-refractivity contribution is 0.517. The van der Waals surface area contributed by atoms with Crippen LogP contribution in [0.4, 0.5) is 0 Å². The summed E-state index contributed by atoms with van der Waals surface area (Å²) in [5.74, 6) is 0. The Balaban J connectivity index is 2.36. The number of nitrogens with zero attached hydrogens (tertiary/aromatic N) is 2. The van der Waals surface area contributed by atoms with Crippen LogP contribution in [0.3, 0.4) is 0 Å². The average Bonchev–Trinajstić information content (AvgIpc) is 2.70. The Kier molecular flexibility index (Phi) is 8.59. The highest BCUT2D eigenvalue weighted by Crippen LogP contribution is 2.14. The SMILES string of the molecule is CCCCCCCCn1nc(C)c(CNCCC)c1C. The Morgan fingerprint density at radius 1 is 0.950 bits per heavy atom. The molecule has 0 atom stereocenters. The number of nitrogens with one attached hydrogen (secondary N) is 1. The molecule has 0 spiro atoms. The summed E-state index contributed by atoms with van der Waals surface area (Å²) in [7, 11) is 0. The number of rotatable bonds is 11. The van der Waals surface area contributed by atoms with Gasteiger partial charge >= 0.3 is 0 Å². The van der Waals surface area contributed by atoms with Crippen molar-refractivity contribution in [1.82, 2.24) is 15.1 Å². The molecule has 3 heteroatoms. The van der Waals surface area contributed by atoms with Crippen LogP contribution < -0.4 is 5.32 Å². The standard InChI is InChI=1S/C17H33N3/c1-5-7-8-9-10-11-13-20-16(4)17(15(3)19-20)14-18-12-6-2/h18H,5-14H2,1-4H3. The summed E-state index contributed by atoms with van der Waals surface area (Å²) in [5, 5.41) is 8.18. The minimum atomic E-state index is 0.960. The molecule has 1 aromatic heterocycles. The van der Waals surface area contributed by atoms with Gasteiger partial charge in [0.25, 0.3) is 0 Å². The molecule has 20 heavy (non-hydrogen) atoms. The molecular weight excluding hydrogens is 246 g/mol. The van der Waals surface area contributed by atoms with E-state index >= 15 is 0 Å². The van der Waals surface area contributed by atoms with E-state index in [0.717, 1.165) is 19.6 Å². The normalized spacial score (nSPS) is 11.2. The van der Waals surface area contributed by atoms with Crippen LogP contribution in [0.1, 0.15) is 75.7 Å². The Hall–Kier alpha value is -0.830. The van der Waals surface area contributed by atoms with Gasteiger partial charge in [-0.1, -0.05) is 46.0 Å². The van der Waals surface area contributed by atoms with Crippen molar-refractivity contribution in [3.05, 3.63) is 17.0 Å². The van der Waals surface area contributed by atoms with Crippen LogP contribution in [0.5, 0.6) is 0 Å². The van der Waals surface area contributed by atoms with E-state index in [4.69, 9.17) is 5.10 Å². The quantitative estimate of drug-likeness (QED) is 0.610. The number of aromatic nitrogens is 2. The molecule has 0 aliphatic rings. The zero-order valence-electron chi connectivity index (χ0n) is 14.0. The van der Waals surface area contributed by atoms with Gasteiger partial charge in [-0.05, 0) is 33.2 Å². The number of hydrogen-bond acceptors (Lipinski definition) is 2. The Morgan fingerprint density at radius 3 is 2.35 bits per heavy atom. The first-order valence-corrected chi connectivity index (χ1v) is 8.44. The summed E-state index contributed by atoms with van der Waals surface area (Å²) in [6.45, 7) is 11.9. The minimum Gasteiger partial charge on any atom is -0.313 e. The van der Waals surface area contributed by atoms with Gasteiger partial charge in [0.05, 0.1) is 5.69 Å². The van der Waals surface area contributed by atoms with Gasteiger partial charge in [-0.25, -0.2) is 0 Å². The lowest BCUT2D eigenvalue weighted by Gasteiger charge is -2.06. The zero-order chi connectivity index (χ0) is 14.8. The van der Waals surface area contributed by atoms with Crippen molar-refractivity contribution in [2.24, 2.45) is 0 Å². The monoisotopic (exact) mass is 279 g/mol. The highest BCUT2D eigenvalue weighted by molar-refractivity contribution is 5.24. The fourth-order valence-electron chi connectivity index (χ4n) is 2.64. The minimum absolute atomic E-state index is 0.960. The predicted molar refractivity (Wildman–Crippen MR) is 87.1 cm³/mol. The van der Waals surface area contributed by atoms with Crippen molar-refractivity contribution in [3.8, 4) is 0 Å². The maximum atomic E-state index is 4.70. The van der Waals surface area contributed by atoms with E-state index in [-0.39, 0.29) is 0 Å². The van der Waals surface area contributed by atoms with Gasteiger partial charge in [0, 0.05) is 24.3 Å². The van der Waals surface area contributed by atoms with Crippen LogP contribution in [0, 0.1) is 13.8 Å². The smallest absolute Gasteiger partial charge is 0.0641 e. The molecular formula is C17H33N3. The van der Waals surface area contributed by atoms with Crippen LogP contribution in [0.2, 0.25) is 0 Å². The molecule has 0 saturated carbocycles. The largest absolute Gasteiger partial charge is 0.313 e. The molecule has 0 aliphatic carbocycles. The fraction of sp³-hybridized carbons (Fsp3) is 0.824. The van der Waals surface area contributed by atoms with E-state index in [9.17, 15) is 0 Å². The summed E-state index contributed by atoms with van der Waals surface area (Å²) >= 11 is 0. The van der Waals surface area contributed by atoms with Crippen molar-refractivity contribution in [3.63, 3.8) is 0 Å². The van der Waals surface area contributed by atoms with Crippen LogP contribution in [-0.4, -0.2) is 16.3 Å². The maximum Gasteiger partial charge on any atom is 0.0641 e. The molecule has 1 N–H and O–H groups in total. The lowest BCUT2D eigenvalue weighted by Crippen LogP contribution is -2.15. The molecule has 0 bridgehead atoms. The second-order valence-electron chi connectivity index (χ2n) is 5.82. The third kappa shape index (κ3) is 5.66. The molecule has 0 aliphatic heterocycles. The highest BCUT2D eigenvalue weighted by atomic mass is 15.3. The Morgan fingerprint density at radius 2 is 1.65 bits per heavy atom. The van der Waals surface area contributed by atoms with Crippen molar-refractivity contribution in [2.75, 3.05) is 6.54 Å². The molecule has 0 radical (unpaired) electrons. The van der Waals surface area contributed by atoms with Gasteiger partial charge in [-0.3, -0.25) is 4.68 Å². The average molecular weight is 279 g/mol. The van der Waals surface area contributed by atoms with E-state index in [2.05, 4.69) is 37.7 Å². The molecule has 0 aromatic carbocycles. The van der Waals surface area contributed by atoms with E-state index in [1.807, 2.05) is 0 Å². The van der Waals surface area contributed by atoms with Gasteiger partial charge in [0.15, 0.2) is 0 Å². The van der Waals surface area contributed by atoms with Crippen molar-refractivity contribution >= 4 is 0 Å². The topological polar surface area (TPSA) is 29.9 Å². The molecule has 0 fully saturated rings. The van der Waals surface area contributed by atoms with Crippen LogP contribution in [0.15, 0.2) is 0 Å². The third-order valence-electron chi connectivity index (χ3n) is 3.98. The predicted octanol–water partition coefficient (Wildman–Crippen LogP) is 4.36. The van der Waals surface area contributed by atoms with Crippen molar-refractivity contribution < 1.29 is 0 Å². The summed E-state index contributed by atoms with van der Waals surface area (Å²) in [5.41, 5.74) is 3.93. The van der Waals surface area contributed by atoms with Crippen LogP contribution >= 0.6 is 0 Å². The van der Waals surface area contributed by atoms with Gasteiger partial charge in [0.2, 0.25) is 0 Å². The number of unbranched alkanes of at least 4 members (excludes halogenated alkanes) is 5. The highest BCUT2D eigenvalue weighted by Gasteiger charge is 2.10. The summed E-state index contributed by atoms with van der Waals surface area (Å²) < 4.78 is 2.21. The second-order valence-corrected chi connectivity index (χ2v) is 5.82. The molecule has 1 aromatic rings. The first-order valence-electron chi connectivity index (χ1n) is 8.44. The Bertz CT molecular complexity index is 369. The van der Waals surface area contributed by atoms with E-state index in [0.29, 0.717) is 0 Å². The second kappa shape index (κ2) is 9.98. The molecule has 116 valence electrons. The van der Waals surface area contributed by atoms with Crippen LogP contribution in [0.25, 0.3) is 0 Å². The summed E-state index contributed by atoms with van der Waals surface area (Å²) in [4.78, 5) is 0. The fourth-order valence-corrected chi connectivity index (χ4v) is 2.64. The van der Waals surface area contributed by atoms with Crippen molar-refractivity contribution in [2.45, 2.75) is 85.7 Å². The first kappa shape index (κ1) is 17.2. The maximum absolute atomic E-state index is 4.70. The van der Waals surface area contributed by atoms with Crippen molar-refractivity contribution in [1.29, 1.82) is 0 Å². The molecule has 1 rings (SSSR count). The number of hydrogen-bond donors (Lipinski definition) is 1. The van der Waals surface area contributed by atoms with Gasteiger partial charge < -0.3 is 5.32 Å². The Labute approximate surface area is 125 Å².